The van der Waals surface area contributed by atoms with Gasteiger partial charge >= 0.3 is 0 Å². The van der Waals surface area contributed by atoms with E-state index >= 15 is 0 Å². The van der Waals surface area contributed by atoms with Crippen LogP contribution < -0.4 is 5.32 Å². The van der Waals surface area contributed by atoms with Gasteiger partial charge in [-0.1, -0.05) is 24.9 Å². The minimum Gasteiger partial charge on any atom is -0.379 e. The molecule has 0 radical (unpaired) electrons. The maximum Gasteiger partial charge on any atom is 0.222 e. The molecular formula is C20H27ClN4O2S. The highest BCUT2D eigenvalue weighted by atomic mass is 35.5. The van der Waals surface area contributed by atoms with E-state index in [0.29, 0.717) is 29.4 Å². The lowest BCUT2D eigenvalue weighted by Gasteiger charge is -2.23. The summed E-state index contributed by atoms with van der Waals surface area (Å²) in [5, 5.41) is 8.44. The molecule has 8 heteroatoms. The predicted molar refractivity (Wildman–Crippen MR) is 113 cm³/mol. The number of halogens is 1. The van der Waals surface area contributed by atoms with Crippen molar-refractivity contribution < 1.29 is 9.53 Å². The Morgan fingerprint density at radius 1 is 1.36 bits per heavy atom. The number of ether oxygens (including phenoxy) is 1. The molecule has 1 N–H and O–H groups in total. The zero-order valence-electron chi connectivity index (χ0n) is 16.2. The molecule has 1 aromatic heterocycles. The second-order valence-electron chi connectivity index (χ2n) is 7.07. The highest BCUT2D eigenvalue weighted by Crippen LogP contribution is 2.21. The number of amides is 1. The SMILES string of the molecule is CCCCn1c(-c2ccc(Cl)cc2)nn(CCC(=O)NC2CCCOC2)c1=S. The number of aryl methyl sites for hydroxylation is 1. The molecule has 1 unspecified atom stereocenters. The molecule has 1 saturated heterocycles. The van der Waals surface area contributed by atoms with E-state index in [1.165, 1.54) is 0 Å². The minimum atomic E-state index is 0.00792. The molecular weight excluding hydrogens is 396 g/mol. The summed E-state index contributed by atoms with van der Waals surface area (Å²) in [6.07, 6.45) is 4.39. The van der Waals surface area contributed by atoms with Crippen molar-refractivity contribution in [3.63, 3.8) is 0 Å². The number of benzene rings is 1. The lowest BCUT2D eigenvalue weighted by molar-refractivity contribution is -0.123. The summed E-state index contributed by atoms with van der Waals surface area (Å²) in [5.74, 6) is 0.824. The molecule has 1 fully saturated rings. The van der Waals surface area contributed by atoms with Crippen molar-refractivity contribution in [3.05, 3.63) is 34.1 Å². The predicted octanol–water partition coefficient (Wildman–Crippen LogP) is 4.22. The minimum absolute atomic E-state index is 0.00792. The monoisotopic (exact) mass is 422 g/mol. The third kappa shape index (κ3) is 5.43. The van der Waals surface area contributed by atoms with E-state index in [2.05, 4.69) is 16.8 Å². The first-order chi connectivity index (χ1) is 13.6. The molecule has 1 atom stereocenters. The van der Waals surface area contributed by atoms with Crippen molar-refractivity contribution in [3.8, 4) is 11.4 Å². The number of nitrogens with zero attached hydrogens (tertiary/aromatic N) is 3. The summed E-state index contributed by atoms with van der Waals surface area (Å²) in [7, 11) is 0. The van der Waals surface area contributed by atoms with Gasteiger partial charge in [0.15, 0.2) is 10.6 Å². The van der Waals surface area contributed by atoms with Crippen molar-refractivity contribution in [1.29, 1.82) is 0 Å². The first kappa shape index (κ1) is 21.0. The summed E-state index contributed by atoms with van der Waals surface area (Å²) in [6.45, 7) is 4.79. The smallest absolute Gasteiger partial charge is 0.222 e. The van der Waals surface area contributed by atoms with Crippen LogP contribution in [0.5, 0.6) is 0 Å². The highest BCUT2D eigenvalue weighted by molar-refractivity contribution is 7.71. The van der Waals surface area contributed by atoms with E-state index in [-0.39, 0.29) is 11.9 Å². The Kier molecular flexibility index (Phi) is 7.65. The molecule has 1 amide bonds. The summed E-state index contributed by atoms with van der Waals surface area (Å²) in [6, 6.07) is 7.70. The van der Waals surface area contributed by atoms with E-state index in [1.54, 1.807) is 4.68 Å². The maximum atomic E-state index is 12.3. The molecule has 1 aliphatic rings. The van der Waals surface area contributed by atoms with Crippen LogP contribution in [0.25, 0.3) is 11.4 Å². The van der Waals surface area contributed by atoms with Crippen molar-refractivity contribution in [1.82, 2.24) is 19.7 Å². The molecule has 2 aromatic rings. The van der Waals surface area contributed by atoms with Gasteiger partial charge in [-0.25, -0.2) is 4.68 Å². The van der Waals surface area contributed by atoms with Gasteiger partial charge in [-0.2, -0.15) is 5.10 Å². The van der Waals surface area contributed by atoms with E-state index < -0.39 is 0 Å². The zero-order chi connectivity index (χ0) is 19.9. The topological polar surface area (TPSA) is 61.1 Å². The van der Waals surface area contributed by atoms with Crippen LogP contribution in [0, 0.1) is 4.77 Å². The van der Waals surface area contributed by atoms with Crippen LogP contribution in [0.15, 0.2) is 24.3 Å². The molecule has 2 heterocycles. The normalized spacial score (nSPS) is 16.9. The van der Waals surface area contributed by atoms with Crippen LogP contribution in [0.1, 0.15) is 39.0 Å². The third-order valence-electron chi connectivity index (χ3n) is 4.84. The van der Waals surface area contributed by atoms with Gasteiger partial charge in [0.25, 0.3) is 0 Å². The Labute approximate surface area is 175 Å². The van der Waals surface area contributed by atoms with Crippen LogP contribution in [0.3, 0.4) is 0 Å². The fourth-order valence-corrected chi connectivity index (χ4v) is 3.71. The average molecular weight is 423 g/mol. The van der Waals surface area contributed by atoms with Crippen LogP contribution in [-0.2, 0) is 22.6 Å². The van der Waals surface area contributed by atoms with Gasteiger partial charge in [-0.05, 0) is 55.7 Å². The number of carbonyl (C=O) groups is 1. The van der Waals surface area contributed by atoms with Crippen LogP contribution in [0.4, 0.5) is 0 Å². The van der Waals surface area contributed by atoms with Gasteiger partial charge < -0.3 is 10.1 Å². The Bertz CT molecular complexity index is 841. The number of hydrogen-bond donors (Lipinski definition) is 1. The maximum absolute atomic E-state index is 12.3. The van der Waals surface area contributed by atoms with E-state index in [0.717, 1.165) is 50.2 Å². The number of rotatable bonds is 8. The molecule has 6 nitrogen and oxygen atoms in total. The van der Waals surface area contributed by atoms with Gasteiger partial charge in [-0.3, -0.25) is 9.36 Å². The van der Waals surface area contributed by atoms with E-state index in [1.807, 2.05) is 24.3 Å². The molecule has 28 heavy (non-hydrogen) atoms. The summed E-state index contributed by atoms with van der Waals surface area (Å²) in [5.41, 5.74) is 0.967. The Morgan fingerprint density at radius 2 is 2.14 bits per heavy atom. The first-order valence-electron chi connectivity index (χ1n) is 9.89. The van der Waals surface area contributed by atoms with Gasteiger partial charge in [0, 0.05) is 30.2 Å². The molecule has 1 aliphatic heterocycles. The molecule has 3 rings (SSSR count). The van der Waals surface area contributed by atoms with Crippen molar-refractivity contribution in [2.75, 3.05) is 13.2 Å². The van der Waals surface area contributed by atoms with Crippen LogP contribution >= 0.6 is 23.8 Å². The quantitative estimate of drug-likeness (QED) is 0.647. The van der Waals surface area contributed by atoms with Gasteiger partial charge in [0.1, 0.15) is 0 Å². The Morgan fingerprint density at radius 3 is 2.82 bits per heavy atom. The first-order valence-corrected chi connectivity index (χ1v) is 10.7. The lowest BCUT2D eigenvalue weighted by atomic mass is 10.1. The summed E-state index contributed by atoms with van der Waals surface area (Å²) in [4.78, 5) is 12.3. The standard InChI is InChI=1S/C20H27ClN4O2S/c1-2-3-11-24-19(15-6-8-16(21)9-7-15)23-25(20(24)28)12-10-18(26)22-17-5-4-13-27-14-17/h6-9,17H,2-5,10-14H2,1H3,(H,22,26). The van der Waals surface area contributed by atoms with Crippen molar-refractivity contribution >= 4 is 29.7 Å². The van der Waals surface area contributed by atoms with E-state index in [9.17, 15) is 4.79 Å². The number of nitrogens with one attached hydrogen (secondary N) is 1. The molecule has 1 aromatic carbocycles. The van der Waals surface area contributed by atoms with Crippen molar-refractivity contribution in [2.45, 2.75) is 58.2 Å². The molecule has 0 saturated carbocycles. The number of unbranched alkanes of at least 4 members (excludes halogenated alkanes) is 1. The molecule has 0 aliphatic carbocycles. The van der Waals surface area contributed by atoms with Gasteiger partial charge in [0.2, 0.25) is 5.91 Å². The molecule has 0 bridgehead atoms. The second-order valence-corrected chi connectivity index (χ2v) is 7.87. The zero-order valence-corrected chi connectivity index (χ0v) is 17.8. The lowest BCUT2D eigenvalue weighted by Crippen LogP contribution is -2.40. The largest absolute Gasteiger partial charge is 0.379 e. The number of aromatic nitrogens is 3. The molecule has 0 spiro atoms. The van der Waals surface area contributed by atoms with Crippen LogP contribution in [0.2, 0.25) is 5.02 Å². The van der Waals surface area contributed by atoms with E-state index in [4.69, 9.17) is 33.7 Å². The average Bonchev–Trinajstić information content (AvgIpc) is 3.01. The van der Waals surface area contributed by atoms with Crippen molar-refractivity contribution in [2.24, 2.45) is 0 Å². The fraction of sp³-hybridized carbons (Fsp3) is 0.550. The van der Waals surface area contributed by atoms with Gasteiger partial charge in [0.05, 0.1) is 19.2 Å². The Balaban J connectivity index is 1.72. The highest BCUT2D eigenvalue weighted by Gasteiger charge is 2.17. The van der Waals surface area contributed by atoms with Crippen LogP contribution in [-0.4, -0.2) is 39.5 Å². The third-order valence-corrected chi connectivity index (χ3v) is 5.52. The summed E-state index contributed by atoms with van der Waals surface area (Å²) < 4.78 is 9.87. The number of carbonyl (C=O) groups excluding carboxylic acids is 1. The summed E-state index contributed by atoms with van der Waals surface area (Å²) >= 11 is 11.7. The number of hydrogen-bond acceptors (Lipinski definition) is 4. The second kappa shape index (κ2) is 10.2. The van der Waals surface area contributed by atoms with Gasteiger partial charge in [-0.15, -0.1) is 0 Å². The Hall–Kier alpha value is -1.70. The molecule has 152 valence electrons. The fourth-order valence-electron chi connectivity index (χ4n) is 3.28.